The van der Waals surface area contributed by atoms with Crippen LogP contribution >= 0.6 is 27.5 Å². The third-order valence-corrected chi connectivity index (χ3v) is 5.40. The molecule has 1 saturated heterocycles. The second-order valence-electron chi connectivity index (χ2n) is 6.03. The van der Waals surface area contributed by atoms with Crippen LogP contribution in [0.2, 0.25) is 5.02 Å². The van der Waals surface area contributed by atoms with E-state index in [1.807, 2.05) is 13.1 Å². The van der Waals surface area contributed by atoms with E-state index in [0.717, 1.165) is 22.5 Å². The van der Waals surface area contributed by atoms with Crippen LogP contribution in [-0.2, 0) is 0 Å². The number of likely N-dealkylation sites (tertiary alicyclic amines) is 1. The molecule has 2 unspecified atom stereocenters. The van der Waals surface area contributed by atoms with Crippen LogP contribution < -0.4 is 5.32 Å². The Bertz CT molecular complexity index is 452. The molecule has 0 bridgehead atoms. The van der Waals surface area contributed by atoms with Gasteiger partial charge in [-0.15, -0.1) is 0 Å². The summed E-state index contributed by atoms with van der Waals surface area (Å²) in [6, 6.07) is 7.21. The van der Waals surface area contributed by atoms with Crippen LogP contribution in [0.1, 0.15) is 50.6 Å². The maximum atomic E-state index is 6.40. The molecule has 0 radical (unpaired) electrons. The lowest BCUT2D eigenvalue weighted by molar-refractivity contribution is 0.203. The third kappa shape index (κ3) is 4.95. The molecule has 21 heavy (non-hydrogen) atoms. The van der Waals surface area contributed by atoms with Crippen molar-refractivity contribution in [3.8, 4) is 0 Å². The van der Waals surface area contributed by atoms with Crippen molar-refractivity contribution >= 4 is 27.5 Å². The zero-order chi connectivity index (χ0) is 15.2. The monoisotopic (exact) mass is 372 g/mol. The summed E-state index contributed by atoms with van der Waals surface area (Å²) in [7, 11) is 2.02. The summed E-state index contributed by atoms with van der Waals surface area (Å²) in [5.41, 5.74) is 1.20. The average Bonchev–Trinajstić information content (AvgIpc) is 2.66. The number of nitrogens with zero attached hydrogens (tertiary/aromatic N) is 1. The minimum atomic E-state index is 0.320. The molecule has 0 spiro atoms. The summed E-state index contributed by atoms with van der Waals surface area (Å²) in [6.45, 7) is 4.75. The lowest BCUT2D eigenvalue weighted by Crippen LogP contribution is -2.35. The van der Waals surface area contributed by atoms with Gasteiger partial charge in [0.1, 0.15) is 0 Å². The zero-order valence-electron chi connectivity index (χ0n) is 13.0. The van der Waals surface area contributed by atoms with Gasteiger partial charge in [0.15, 0.2) is 0 Å². The lowest BCUT2D eigenvalue weighted by Gasteiger charge is -2.29. The summed E-state index contributed by atoms with van der Waals surface area (Å²) in [4.78, 5) is 2.64. The first-order chi connectivity index (χ1) is 10.1. The molecule has 1 aromatic rings. The van der Waals surface area contributed by atoms with Crippen LogP contribution in [0.3, 0.4) is 0 Å². The molecule has 1 heterocycles. The molecular weight excluding hydrogens is 348 g/mol. The Morgan fingerprint density at radius 3 is 2.90 bits per heavy atom. The molecule has 0 aliphatic carbocycles. The molecule has 1 aliphatic rings. The van der Waals surface area contributed by atoms with Crippen molar-refractivity contribution in [2.24, 2.45) is 0 Å². The van der Waals surface area contributed by atoms with Crippen LogP contribution in [0.15, 0.2) is 22.7 Å². The number of rotatable bonds is 5. The Balaban J connectivity index is 1.98. The summed E-state index contributed by atoms with van der Waals surface area (Å²) >= 11 is 9.87. The van der Waals surface area contributed by atoms with Gasteiger partial charge in [-0.05, 0) is 57.5 Å². The minimum Gasteiger partial charge on any atom is -0.313 e. The van der Waals surface area contributed by atoms with Crippen LogP contribution in [-0.4, -0.2) is 31.1 Å². The van der Waals surface area contributed by atoms with Gasteiger partial charge in [0, 0.05) is 28.1 Å². The fourth-order valence-electron chi connectivity index (χ4n) is 3.20. The Kier molecular flexibility index (Phi) is 7.00. The molecule has 1 aromatic carbocycles. The topological polar surface area (TPSA) is 15.3 Å². The third-order valence-electron chi connectivity index (χ3n) is 4.58. The first-order valence-corrected chi connectivity index (χ1v) is 9.15. The highest BCUT2D eigenvalue weighted by Crippen LogP contribution is 2.29. The van der Waals surface area contributed by atoms with Gasteiger partial charge in [0.2, 0.25) is 0 Å². The second-order valence-corrected chi connectivity index (χ2v) is 7.35. The second kappa shape index (κ2) is 8.52. The lowest BCUT2D eigenvalue weighted by atomic mass is 10.0. The molecule has 0 aromatic heterocycles. The van der Waals surface area contributed by atoms with E-state index in [9.17, 15) is 0 Å². The van der Waals surface area contributed by atoms with Crippen LogP contribution in [0.25, 0.3) is 0 Å². The highest BCUT2D eigenvalue weighted by atomic mass is 79.9. The van der Waals surface area contributed by atoms with Gasteiger partial charge >= 0.3 is 0 Å². The Labute approximate surface area is 142 Å². The van der Waals surface area contributed by atoms with Crippen LogP contribution in [0.5, 0.6) is 0 Å². The number of halogens is 2. The predicted molar refractivity (Wildman–Crippen MR) is 95.1 cm³/mol. The van der Waals surface area contributed by atoms with E-state index in [2.05, 4.69) is 45.2 Å². The molecule has 118 valence electrons. The number of hydrogen-bond acceptors (Lipinski definition) is 2. The molecule has 2 nitrogen and oxygen atoms in total. The molecule has 0 amide bonds. The normalized spacial score (nSPS) is 22.0. The van der Waals surface area contributed by atoms with Gasteiger partial charge in [-0.3, -0.25) is 0 Å². The molecule has 1 N–H and O–H groups in total. The molecule has 2 rings (SSSR count). The van der Waals surface area contributed by atoms with Crippen molar-refractivity contribution < 1.29 is 0 Å². The highest BCUT2D eigenvalue weighted by Gasteiger charge is 2.19. The molecular formula is C17H26BrClN2. The molecule has 2 atom stereocenters. The van der Waals surface area contributed by atoms with Crippen molar-refractivity contribution in [2.75, 3.05) is 20.1 Å². The summed E-state index contributed by atoms with van der Waals surface area (Å²) in [5.74, 6) is 0. The summed E-state index contributed by atoms with van der Waals surface area (Å²) in [6.07, 6.45) is 6.54. The van der Waals surface area contributed by atoms with Crippen molar-refractivity contribution in [3.05, 3.63) is 33.3 Å². The molecule has 4 heteroatoms. The van der Waals surface area contributed by atoms with E-state index < -0.39 is 0 Å². The van der Waals surface area contributed by atoms with E-state index in [0.29, 0.717) is 12.1 Å². The molecule has 1 aliphatic heterocycles. The van der Waals surface area contributed by atoms with Crippen molar-refractivity contribution in [1.29, 1.82) is 0 Å². The molecule has 1 fully saturated rings. The predicted octanol–water partition coefficient (Wildman–Crippen LogP) is 5.02. The summed E-state index contributed by atoms with van der Waals surface area (Å²) < 4.78 is 1.03. The van der Waals surface area contributed by atoms with E-state index in [1.54, 1.807) is 0 Å². The fourth-order valence-corrected chi connectivity index (χ4v) is 4.01. The first kappa shape index (κ1) is 17.3. The number of nitrogens with one attached hydrogen (secondary N) is 1. The Morgan fingerprint density at radius 2 is 2.19 bits per heavy atom. The highest BCUT2D eigenvalue weighted by molar-refractivity contribution is 9.10. The van der Waals surface area contributed by atoms with Gasteiger partial charge in [0.25, 0.3) is 0 Å². The van der Waals surface area contributed by atoms with Gasteiger partial charge in [-0.25, -0.2) is 0 Å². The van der Waals surface area contributed by atoms with Crippen LogP contribution in [0.4, 0.5) is 0 Å². The number of hydrogen-bond donors (Lipinski definition) is 1. The maximum absolute atomic E-state index is 6.40. The Hall–Kier alpha value is -0.0900. The van der Waals surface area contributed by atoms with Gasteiger partial charge in [-0.1, -0.05) is 46.4 Å². The van der Waals surface area contributed by atoms with E-state index in [4.69, 9.17) is 11.6 Å². The minimum absolute atomic E-state index is 0.320. The van der Waals surface area contributed by atoms with E-state index in [1.165, 1.54) is 37.8 Å². The SMILES string of the molecule is CNC(CCN1CCCCCC1C)c1ccc(Br)cc1Cl. The summed E-state index contributed by atoms with van der Waals surface area (Å²) in [5, 5.41) is 4.26. The fraction of sp³-hybridized carbons (Fsp3) is 0.647. The quantitative estimate of drug-likeness (QED) is 0.779. The Morgan fingerprint density at radius 1 is 1.38 bits per heavy atom. The van der Waals surface area contributed by atoms with E-state index in [-0.39, 0.29) is 0 Å². The van der Waals surface area contributed by atoms with Crippen molar-refractivity contribution in [1.82, 2.24) is 10.2 Å². The standard InChI is InChI=1S/C17H26BrClN2/c1-13-6-4-3-5-10-21(13)11-9-17(20-2)15-8-7-14(18)12-16(15)19/h7-8,12-13,17,20H,3-6,9-11H2,1-2H3. The number of benzene rings is 1. The maximum Gasteiger partial charge on any atom is 0.0465 e. The van der Waals surface area contributed by atoms with Crippen molar-refractivity contribution in [2.45, 2.75) is 51.1 Å². The zero-order valence-corrected chi connectivity index (χ0v) is 15.4. The first-order valence-electron chi connectivity index (χ1n) is 7.98. The van der Waals surface area contributed by atoms with Crippen LogP contribution in [0, 0.1) is 0 Å². The smallest absolute Gasteiger partial charge is 0.0465 e. The van der Waals surface area contributed by atoms with Gasteiger partial charge in [-0.2, -0.15) is 0 Å². The van der Waals surface area contributed by atoms with Crippen molar-refractivity contribution in [3.63, 3.8) is 0 Å². The largest absolute Gasteiger partial charge is 0.313 e. The van der Waals surface area contributed by atoms with Gasteiger partial charge in [0.05, 0.1) is 0 Å². The average molecular weight is 374 g/mol. The van der Waals surface area contributed by atoms with E-state index >= 15 is 0 Å². The van der Waals surface area contributed by atoms with Gasteiger partial charge < -0.3 is 10.2 Å². The molecule has 0 saturated carbocycles.